The van der Waals surface area contributed by atoms with Crippen LogP contribution in [0, 0.1) is 11.8 Å². The maximum absolute atomic E-state index is 11.8. The van der Waals surface area contributed by atoms with Crippen molar-refractivity contribution in [1.29, 1.82) is 0 Å². The van der Waals surface area contributed by atoms with E-state index in [-0.39, 0.29) is 12.5 Å². The molecule has 0 saturated heterocycles. The molecular weight excluding hydrogens is 244 g/mol. The quantitative estimate of drug-likeness (QED) is 0.693. The Balaban J connectivity index is 2.24. The van der Waals surface area contributed by atoms with E-state index in [4.69, 9.17) is 5.11 Å². The van der Waals surface area contributed by atoms with Gasteiger partial charge in [-0.25, -0.2) is 4.79 Å². The number of rotatable bonds is 6. The molecule has 2 unspecified atom stereocenters. The maximum atomic E-state index is 11.8. The summed E-state index contributed by atoms with van der Waals surface area (Å²) in [6.07, 6.45) is 4.11. The predicted molar refractivity (Wildman–Crippen MR) is 74.0 cm³/mol. The van der Waals surface area contributed by atoms with E-state index < -0.39 is 11.5 Å². The first kappa shape index (κ1) is 15.8. The van der Waals surface area contributed by atoms with E-state index in [1.54, 1.807) is 0 Å². The first-order valence-electron chi connectivity index (χ1n) is 7.06. The maximum Gasteiger partial charge on any atom is 0.315 e. The molecule has 5 heteroatoms. The Morgan fingerprint density at radius 1 is 1.32 bits per heavy atom. The molecule has 0 bridgehead atoms. The molecule has 0 aromatic rings. The minimum absolute atomic E-state index is 0.0629. The van der Waals surface area contributed by atoms with Crippen LogP contribution in [-0.4, -0.2) is 29.2 Å². The number of carboxylic acids is 1. The van der Waals surface area contributed by atoms with Gasteiger partial charge in [-0.2, -0.15) is 0 Å². The highest BCUT2D eigenvalue weighted by Gasteiger charge is 2.24. The fraction of sp³-hybridized carbons (Fsp3) is 0.857. The number of nitrogens with one attached hydrogen (secondary N) is 2. The summed E-state index contributed by atoms with van der Waals surface area (Å²) in [5.74, 6) is 0.514. The Morgan fingerprint density at radius 3 is 2.53 bits per heavy atom. The highest BCUT2D eigenvalue weighted by atomic mass is 16.4. The van der Waals surface area contributed by atoms with Crippen LogP contribution in [0.25, 0.3) is 0 Å². The minimum atomic E-state index is -0.838. The van der Waals surface area contributed by atoms with Gasteiger partial charge in [0.05, 0.1) is 0 Å². The van der Waals surface area contributed by atoms with Crippen molar-refractivity contribution >= 4 is 12.0 Å². The van der Waals surface area contributed by atoms with E-state index in [1.807, 2.05) is 13.8 Å². The Kier molecular flexibility index (Phi) is 5.63. The molecule has 0 radical (unpaired) electrons. The number of carbonyl (C=O) groups is 2. The fourth-order valence-electron chi connectivity index (χ4n) is 2.58. The Labute approximate surface area is 115 Å². The normalized spacial score (nSPS) is 23.1. The lowest BCUT2D eigenvalue weighted by Gasteiger charge is -2.26. The molecule has 1 saturated carbocycles. The van der Waals surface area contributed by atoms with Gasteiger partial charge < -0.3 is 15.7 Å². The number of amides is 2. The molecule has 0 aromatic heterocycles. The van der Waals surface area contributed by atoms with Crippen molar-refractivity contribution in [2.45, 2.75) is 58.4 Å². The molecule has 0 spiro atoms. The molecule has 110 valence electrons. The van der Waals surface area contributed by atoms with E-state index in [9.17, 15) is 9.59 Å². The summed E-state index contributed by atoms with van der Waals surface area (Å²) in [5.41, 5.74) is -0.495. The van der Waals surface area contributed by atoms with Crippen molar-refractivity contribution < 1.29 is 14.7 Å². The third-order valence-corrected chi connectivity index (χ3v) is 3.77. The zero-order chi connectivity index (χ0) is 14.5. The van der Waals surface area contributed by atoms with E-state index in [2.05, 4.69) is 17.6 Å². The zero-order valence-corrected chi connectivity index (χ0v) is 12.2. The second-order valence-corrected chi connectivity index (χ2v) is 6.40. The molecule has 1 aliphatic carbocycles. The fourth-order valence-corrected chi connectivity index (χ4v) is 2.58. The Bertz CT molecular complexity index is 329. The lowest BCUT2D eigenvalue weighted by molar-refractivity contribution is -0.137. The largest absolute Gasteiger partial charge is 0.481 e. The van der Waals surface area contributed by atoms with Gasteiger partial charge in [-0.3, -0.25) is 4.79 Å². The smallest absolute Gasteiger partial charge is 0.315 e. The SMILES string of the molecule is CC1CCC(CNC(=O)NC(C)(C)CCC(=O)O)C1. The van der Waals surface area contributed by atoms with Gasteiger partial charge in [0.15, 0.2) is 0 Å². The molecule has 0 aliphatic heterocycles. The molecule has 2 atom stereocenters. The van der Waals surface area contributed by atoms with Crippen molar-refractivity contribution in [3.8, 4) is 0 Å². The van der Waals surface area contributed by atoms with Crippen molar-refractivity contribution in [3.63, 3.8) is 0 Å². The first-order valence-corrected chi connectivity index (χ1v) is 7.06. The predicted octanol–water partition coefficient (Wildman–Crippen LogP) is 2.37. The molecule has 5 nitrogen and oxygen atoms in total. The van der Waals surface area contributed by atoms with Crippen LogP contribution < -0.4 is 10.6 Å². The molecule has 1 aliphatic rings. The van der Waals surface area contributed by atoms with E-state index in [1.165, 1.54) is 19.3 Å². The summed E-state index contributed by atoms with van der Waals surface area (Å²) in [6, 6.07) is -0.199. The van der Waals surface area contributed by atoms with Gasteiger partial charge in [-0.15, -0.1) is 0 Å². The van der Waals surface area contributed by atoms with Crippen LogP contribution in [-0.2, 0) is 4.79 Å². The number of carboxylic acid groups (broad SMARTS) is 1. The molecule has 19 heavy (non-hydrogen) atoms. The Hall–Kier alpha value is -1.26. The lowest BCUT2D eigenvalue weighted by atomic mass is 9.99. The van der Waals surface area contributed by atoms with Crippen LogP contribution in [0.3, 0.4) is 0 Å². The van der Waals surface area contributed by atoms with Gasteiger partial charge in [0.2, 0.25) is 0 Å². The summed E-state index contributed by atoms with van der Waals surface area (Å²) < 4.78 is 0. The highest BCUT2D eigenvalue weighted by Crippen LogP contribution is 2.29. The molecule has 0 heterocycles. The van der Waals surface area contributed by atoms with Crippen LogP contribution in [0.4, 0.5) is 4.79 Å². The topological polar surface area (TPSA) is 78.4 Å². The van der Waals surface area contributed by atoms with Crippen LogP contribution >= 0.6 is 0 Å². The van der Waals surface area contributed by atoms with Gasteiger partial charge in [0.1, 0.15) is 0 Å². The molecule has 2 amide bonds. The van der Waals surface area contributed by atoms with Crippen molar-refractivity contribution in [3.05, 3.63) is 0 Å². The van der Waals surface area contributed by atoms with Gasteiger partial charge >= 0.3 is 12.0 Å². The van der Waals surface area contributed by atoms with Crippen LogP contribution in [0.2, 0.25) is 0 Å². The number of aliphatic carboxylic acids is 1. The van der Waals surface area contributed by atoms with E-state index in [0.29, 0.717) is 18.9 Å². The molecule has 0 aromatic carbocycles. The van der Waals surface area contributed by atoms with Crippen molar-refractivity contribution in [1.82, 2.24) is 10.6 Å². The highest BCUT2D eigenvalue weighted by molar-refractivity contribution is 5.74. The first-order chi connectivity index (χ1) is 8.78. The summed E-state index contributed by atoms with van der Waals surface area (Å²) in [4.78, 5) is 22.3. The van der Waals surface area contributed by atoms with Gasteiger partial charge in [-0.1, -0.05) is 13.3 Å². The third kappa shape index (κ3) is 6.45. The lowest BCUT2D eigenvalue weighted by Crippen LogP contribution is -2.49. The zero-order valence-electron chi connectivity index (χ0n) is 12.2. The van der Waals surface area contributed by atoms with Gasteiger partial charge in [0.25, 0.3) is 0 Å². The van der Waals surface area contributed by atoms with Crippen LogP contribution in [0.5, 0.6) is 0 Å². The summed E-state index contributed by atoms with van der Waals surface area (Å²) in [7, 11) is 0. The van der Waals surface area contributed by atoms with Gasteiger partial charge in [0, 0.05) is 18.5 Å². The number of hydrogen-bond donors (Lipinski definition) is 3. The minimum Gasteiger partial charge on any atom is -0.481 e. The number of carbonyl (C=O) groups excluding carboxylic acids is 1. The third-order valence-electron chi connectivity index (χ3n) is 3.77. The Morgan fingerprint density at radius 2 is 2.00 bits per heavy atom. The number of urea groups is 1. The molecule has 1 rings (SSSR count). The monoisotopic (exact) mass is 270 g/mol. The second kappa shape index (κ2) is 6.78. The van der Waals surface area contributed by atoms with E-state index >= 15 is 0 Å². The van der Waals surface area contributed by atoms with E-state index in [0.717, 1.165) is 5.92 Å². The van der Waals surface area contributed by atoms with Crippen molar-refractivity contribution in [2.75, 3.05) is 6.54 Å². The van der Waals surface area contributed by atoms with Crippen LogP contribution in [0.15, 0.2) is 0 Å². The second-order valence-electron chi connectivity index (χ2n) is 6.40. The summed E-state index contributed by atoms with van der Waals surface area (Å²) in [5, 5.41) is 14.4. The van der Waals surface area contributed by atoms with Crippen molar-refractivity contribution in [2.24, 2.45) is 11.8 Å². The standard InChI is InChI=1S/C14H26N2O3/c1-10-4-5-11(8-10)9-15-13(19)16-14(2,3)7-6-12(17)18/h10-11H,4-9H2,1-3H3,(H,17,18)(H2,15,16,19). The summed E-state index contributed by atoms with van der Waals surface area (Å²) in [6.45, 7) is 6.64. The number of hydrogen-bond acceptors (Lipinski definition) is 2. The van der Waals surface area contributed by atoms with Gasteiger partial charge in [-0.05, 0) is 44.9 Å². The van der Waals surface area contributed by atoms with Crippen LogP contribution in [0.1, 0.15) is 52.9 Å². The summed E-state index contributed by atoms with van der Waals surface area (Å²) >= 11 is 0. The molecule has 1 fully saturated rings. The molecular formula is C14H26N2O3. The average Bonchev–Trinajstić information content (AvgIpc) is 2.69. The molecule has 3 N–H and O–H groups in total. The average molecular weight is 270 g/mol.